The summed E-state index contributed by atoms with van der Waals surface area (Å²) in [5, 5.41) is 7.34. The van der Waals surface area contributed by atoms with Gasteiger partial charge >= 0.3 is 0 Å². The zero-order valence-corrected chi connectivity index (χ0v) is 16.6. The van der Waals surface area contributed by atoms with Crippen molar-refractivity contribution in [1.29, 1.82) is 0 Å². The summed E-state index contributed by atoms with van der Waals surface area (Å²) in [4.78, 5) is 22.1. The number of nitrogens with zero attached hydrogens (tertiary/aromatic N) is 3. The first-order chi connectivity index (χ1) is 13.2. The van der Waals surface area contributed by atoms with Crippen molar-refractivity contribution in [2.45, 2.75) is 37.6 Å². The molecule has 3 heterocycles. The minimum atomic E-state index is -0.0789. The van der Waals surface area contributed by atoms with Crippen LogP contribution in [0.1, 0.15) is 42.5 Å². The number of thiophene rings is 1. The number of carbonyl (C=O) groups is 1. The van der Waals surface area contributed by atoms with E-state index in [2.05, 4.69) is 26.2 Å². The minimum Gasteiger partial charge on any atom is -0.354 e. The van der Waals surface area contributed by atoms with E-state index in [-0.39, 0.29) is 11.4 Å². The molecule has 1 amide bonds. The highest BCUT2D eigenvalue weighted by atomic mass is 32.1. The fraction of sp³-hybridized carbons (Fsp3) is 0.524. The summed E-state index contributed by atoms with van der Waals surface area (Å²) in [6.07, 6.45) is 7.73. The van der Waals surface area contributed by atoms with Gasteiger partial charge in [-0.05, 0) is 36.4 Å². The Morgan fingerprint density at radius 3 is 2.59 bits per heavy atom. The molecular formula is C21H28N4OS. The van der Waals surface area contributed by atoms with E-state index < -0.39 is 0 Å². The van der Waals surface area contributed by atoms with Crippen LogP contribution in [0.25, 0.3) is 0 Å². The van der Waals surface area contributed by atoms with Crippen molar-refractivity contribution in [1.82, 2.24) is 15.2 Å². The Labute approximate surface area is 165 Å². The highest BCUT2D eigenvalue weighted by Crippen LogP contribution is 2.30. The number of hydrogen-bond donors (Lipinski definition) is 1. The third-order valence-electron chi connectivity index (χ3n) is 5.84. The maximum Gasteiger partial charge on any atom is 0.252 e. The van der Waals surface area contributed by atoms with Gasteiger partial charge in [-0.2, -0.15) is 11.3 Å². The molecule has 1 N–H and O–H groups in total. The summed E-state index contributed by atoms with van der Waals surface area (Å²) in [5.41, 5.74) is 0.717. The summed E-state index contributed by atoms with van der Waals surface area (Å²) in [7, 11) is 0. The van der Waals surface area contributed by atoms with Gasteiger partial charge < -0.3 is 10.2 Å². The first-order valence-electron chi connectivity index (χ1n) is 9.97. The maximum absolute atomic E-state index is 12.7. The Morgan fingerprint density at radius 2 is 1.93 bits per heavy atom. The van der Waals surface area contributed by atoms with Crippen molar-refractivity contribution in [3.63, 3.8) is 0 Å². The molecule has 1 aliphatic heterocycles. The Kier molecular flexibility index (Phi) is 5.74. The molecule has 0 spiro atoms. The lowest BCUT2D eigenvalue weighted by molar-refractivity contribution is 0.0799. The van der Waals surface area contributed by atoms with Crippen LogP contribution in [0.2, 0.25) is 0 Å². The Hall–Kier alpha value is -1.92. The summed E-state index contributed by atoms with van der Waals surface area (Å²) < 4.78 is 0. The lowest BCUT2D eigenvalue weighted by atomic mass is 9.80. The van der Waals surface area contributed by atoms with Gasteiger partial charge in [0.2, 0.25) is 0 Å². The molecule has 2 aromatic heterocycles. The summed E-state index contributed by atoms with van der Waals surface area (Å²) >= 11 is 1.58. The number of amides is 1. The van der Waals surface area contributed by atoms with Gasteiger partial charge in [0.25, 0.3) is 5.91 Å². The van der Waals surface area contributed by atoms with E-state index >= 15 is 0 Å². The Bertz CT molecular complexity index is 720. The molecule has 0 aromatic carbocycles. The number of pyridine rings is 1. The lowest BCUT2D eigenvalue weighted by Crippen LogP contribution is -2.59. The van der Waals surface area contributed by atoms with E-state index in [1.807, 2.05) is 35.2 Å². The SMILES string of the molecule is O=C(NC1(CN2CCN(c3ccccn3)CC2)CCCCC1)c1ccsc1. The second-order valence-corrected chi connectivity index (χ2v) is 8.54. The molecule has 27 heavy (non-hydrogen) atoms. The first kappa shape index (κ1) is 18.4. The number of piperazine rings is 1. The Balaban J connectivity index is 1.38. The third-order valence-corrected chi connectivity index (χ3v) is 6.53. The summed E-state index contributed by atoms with van der Waals surface area (Å²) in [5.74, 6) is 1.15. The minimum absolute atomic E-state index is 0.0789. The van der Waals surface area contributed by atoms with Crippen LogP contribution in [0.4, 0.5) is 5.82 Å². The van der Waals surface area contributed by atoms with Gasteiger partial charge in [0.15, 0.2) is 0 Å². The van der Waals surface area contributed by atoms with Crippen LogP contribution < -0.4 is 10.2 Å². The van der Waals surface area contributed by atoms with Crippen LogP contribution in [0.3, 0.4) is 0 Å². The average molecular weight is 385 g/mol. The van der Waals surface area contributed by atoms with Crippen molar-refractivity contribution in [3.05, 3.63) is 46.8 Å². The highest BCUT2D eigenvalue weighted by Gasteiger charge is 2.36. The van der Waals surface area contributed by atoms with Gasteiger partial charge in [0.05, 0.1) is 11.1 Å². The summed E-state index contributed by atoms with van der Waals surface area (Å²) in [6.45, 7) is 4.98. The molecule has 5 nitrogen and oxygen atoms in total. The second-order valence-electron chi connectivity index (χ2n) is 7.76. The van der Waals surface area contributed by atoms with Crippen molar-refractivity contribution in [2.24, 2.45) is 0 Å². The fourth-order valence-corrected chi connectivity index (χ4v) is 5.00. The van der Waals surface area contributed by atoms with E-state index in [1.165, 1.54) is 19.3 Å². The van der Waals surface area contributed by atoms with Crippen LogP contribution in [0, 0.1) is 0 Å². The zero-order chi connectivity index (χ0) is 18.5. The van der Waals surface area contributed by atoms with Gasteiger partial charge in [0, 0.05) is 44.3 Å². The molecule has 4 rings (SSSR count). The molecule has 0 unspecified atom stereocenters. The molecule has 144 valence electrons. The number of rotatable bonds is 5. The van der Waals surface area contributed by atoms with Crippen LogP contribution in [-0.2, 0) is 0 Å². The molecule has 2 aliphatic rings. The highest BCUT2D eigenvalue weighted by molar-refractivity contribution is 7.08. The second kappa shape index (κ2) is 8.40. The zero-order valence-electron chi connectivity index (χ0n) is 15.8. The molecule has 0 radical (unpaired) electrons. The predicted octanol–water partition coefficient (Wildman–Crippen LogP) is 3.40. The third kappa shape index (κ3) is 4.50. The van der Waals surface area contributed by atoms with Crippen LogP contribution in [0.5, 0.6) is 0 Å². The molecule has 1 aliphatic carbocycles. The van der Waals surface area contributed by atoms with Crippen molar-refractivity contribution in [3.8, 4) is 0 Å². The van der Waals surface area contributed by atoms with Gasteiger partial charge in [-0.3, -0.25) is 9.69 Å². The number of nitrogens with one attached hydrogen (secondary N) is 1. The van der Waals surface area contributed by atoms with E-state index in [9.17, 15) is 4.79 Å². The molecule has 0 bridgehead atoms. The molecule has 2 fully saturated rings. The number of carbonyl (C=O) groups excluding carboxylic acids is 1. The van der Waals surface area contributed by atoms with E-state index in [0.717, 1.165) is 56.9 Å². The van der Waals surface area contributed by atoms with Crippen molar-refractivity contribution >= 4 is 23.1 Å². The molecular weight excluding hydrogens is 356 g/mol. The van der Waals surface area contributed by atoms with E-state index in [0.29, 0.717) is 0 Å². The quantitative estimate of drug-likeness (QED) is 0.858. The molecule has 1 saturated heterocycles. The largest absolute Gasteiger partial charge is 0.354 e. The number of aromatic nitrogens is 1. The van der Waals surface area contributed by atoms with Crippen LogP contribution >= 0.6 is 11.3 Å². The van der Waals surface area contributed by atoms with Gasteiger partial charge in [0.1, 0.15) is 5.82 Å². The van der Waals surface area contributed by atoms with Gasteiger partial charge in [-0.1, -0.05) is 25.3 Å². The smallest absolute Gasteiger partial charge is 0.252 e. The van der Waals surface area contributed by atoms with Crippen LogP contribution in [0.15, 0.2) is 41.2 Å². The van der Waals surface area contributed by atoms with Crippen molar-refractivity contribution in [2.75, 3.05) is 37.6 Å². The molecule has 1 saturated carbocycles. The van der Waals surface area contributed by atoms with Crippen molar-refractivity contribution < 1.29 is 4.79 Å². The van der Waals surface area contributed by atoms with E-state index in [1.54, 1.807) is 11.3 Å². The predicted molar refractivity (Wildman–Crippen MR) is 110 cm³/mol. The van der Waals surface area contributed by atoms with Crippen LogP contribution in [-0.4, -0.2) is 54.1 Å². The Morgan fingerprint density at radius 1 is 1.11 bits per heavy atom. The van der Waals surface area contributed by atoms with Gasteiger partial charge in [-0.15, -0.1) is 0 Å². The summed E-state index contributed by atoms with van der Waals surface area (Å²) in [6, 6.07) is 8.01. The average Bonchev–Trinajstić information content (AvgIpc) is 3.25. The molecule has 6 heteroatoms. The molecule has 2 aromatic rings. The first-order valence-corrected chi connectivity index (χ1v) is 10.9. The standard InChI is InChI=1S/C21H28N4OS/c26-20(18-7-15-27-16-18)23-21(8-3-1-4-9-21)17-24-11-13-25(14-12-24)19-6-2-5-10-22-19/h2,5-7,10,15-16H,1,3-4,8-9,11-14,17H2,(H,23,26). The normalized spacial score (nSPS) is 20.4. The molecule has 0 atom stereocenters. The maximum atomic E-state index is 12.7. The fourth-order valence-electron chi connectivity index (χ4n) is 4.36. The number of anilines is 1. The van der Waals surface area contributed by atoms with E-state index in [4.69, 9.17) is 0 Å². The lowest BCUT2D eigenvalue weighted by Gasteiger charge is -2.44. The monoisotopic (exact) mass is 384 g/mol. The topological polar surface area (TPSA) is 48.5 Å². The van der Waals surface area contributed by atoms with Gasteiger partial charge in [-0.25, -0.2) is 4.98 Å². The number of hydrogen-bond acceptors (Lipinski definition) is 5.